The average Bonchev–Trinajstić information content (AvgIpc) is 2.29. The second-order valence-corrected chi connectivity index (χ2v) is 4.42. The third kappa shape index (κ3) is 3.56. The monoisotopic (exact) mass is 239 g/mol. The Bertz CT molecular complexity index is 462. The molecule has 0 saturated heterocycles. The van der Waals surface area contributed by atoms with Crippen molar-refractivity contribution in [3.05, 3.63) is 33.1 Å². The zero-order chi connectivity index (χ0) is 12.8. The number of hydrogen-bond donors (Lipinski definition) is 1. The van der Waals surface area contributed by atoms with Crippen LogP contribution in [0.2, 0.25) is 0 Å². The van der Waals surface area contributed by atoms with Crippen molar-refractivity contribution in [2.24, 2.45) is 11.7 Å². The minimum Gasteiger partial charge on any atom is -0.329 e. The minimum atomic E-state index is -0.278. The van der Waals surface area contributed by atoms with Crippen LogP contribution in [0.4, 0.5) is 0 Å². The molecular weight excluding hydrogens is 218 g/mol. The van der Waals surface area contributed by atoms with Crippen molar-refractivity contribution in [2.75, 3.05) is 6.54 Å². The summed E-state index contributed by atoms with van der Waals surface area (Å²) in [5.74, 6) is 0.432. The van der Waals surface area contributed by atoms with Crippen LogP contribution in [0.25, 0.3) is 0 Å². The van der Waals surface area contributed by atoms with Gasteiger partial charge in [-0.3, -0.25) is 9.36 Å². The molecule has 0 aliphatic carbocycles. The minimum absolute atomic E-state index is 0.258. The summed E-state index contributed by atoms with van der Waals surface area (Å²) >= 11 is 0. The maximum Gasteiger partial charge on any atom is 0.331 e. The molecule has 0 spiro atoms. The number of hydrogen-bond acceptors (Lipinski definition) is 3. The Morgan fingerprint density at radius 1 is 1.41 bits per heavy atom. The lowest BCUT2D eigenvalue weighted by molar-refractivity contribution is 0.421. The van der Waals surface area contributed by atoms with E-state index in [-0.39, 0.29) is 17.8 Å². The maximum atomic E-state index is 12.0. The Kier molecular flexibility index (Phi) is 5.15. The van der Waals surface area contributed by atoms with Gasteiger partial charge in [0.2, 0.25) is 0 Å². The van der Waals surface area contributed by atoms with Crippen molar-refractivity contribution in [2.45, 2.75) is 39.8 Å². The summed E-state index contributed by atoms with van der Waals surface area (Å²) < 4.78 is 2.79. The first kappa shape index (κ1) is 13.7. The highest BCUT2D eigenvalue weighted by Gasteiger charge is 2.07. The van der Waals surface area contributed by atoms with E-state index in [0.717, 1.165) is 12.8 Å². The first-order chi connectivity index (χ1) is 8.10. The summed E-state index contributed by atoms with van der Waals surface area (Å²) in [6.45, 7) is 5.45. The lowest BCUT2D eigenvalue weighted by Crippen LogP contribution is -2.41. The predicted octanol–water partition coefficient (Wildman–Crippen LogP) is 0.405. The smallest absolute Gasteiger partial charge is 0.329 e. The molecule has 5 heteroatoms. The molecule has 1 aromatic rings. The molecule has 5 nitrogen and oxygen atoms in total. The second kappa shape index (κ2) is 6.39. The molecule has 1 aromatic heterocycles. The van der Waals surface area contributed by atoms with E-state index in [1.807, 2.05) is 0 Å². The van der Waals surface area contributed by atoms with E-state index < -0.39 is 0 Å². The van der Waals surface area contributed by atoms with Crippen molar-refractivity contribution in [1.29, 1.82) is 0 Å². The van der Waals surface area contributed by atoms with Crippen LogP contribution in [0.3, 0.4) is 0 Å². The molecule has 0 aromatic carbocycles. The van der Waals surface area contributed by atoms with E-state index in [2.05, 4.69) is 13.8 Å². The largest absolute Gasteiger partial charge is 0.331 e. The first-order valence-electron chi connectivity index (χ1n) is 6.10. The standard InChI is InChI=1S/C12H21N3O2/c1-3-4-10(2)9-14-7-5-11(16)15(8-6-13)12(14)17/h5,7,10H,3-4,6,8-9,13H2,1-2H3. The Morgan fingerprint density at radius 2 is 2.12 bits per heavy atom. The van der Waals surface area contributed by atoms with Gasteiger partial charge in [0.1, 0.15) is 0 Å². The summed E-state index contributed by atoms with van der Waals surface area (Å²) in [6.07, 6.45) is 3.74. The van der Waals surface area contributed by atoms with Crippen molar-refractivity contribution in [3.8, 4) is 0 Å². The van der Waals surface area contributed by atoms with Crippen molar-refractivity contribution in [3.63, 3.8) is 0 Å². The van der Waals surface area contributed by atoms with Gasteiger partial charge >= 0.3 is 5.69 Å². The molecule has 0 radical (unpaired) electrons. The fraction of sp³-hybridized carbons (Fsp3) is 0.667. The molecule has 0 bridgehead atoms. The molecule has 1 unspecified atom stereocenters. The van der Waals surface area contributed by atoms with Gasteiger partial charge < -0.3 is 10.3 Å². The molecule has 1 rings (SSSR count). The van der Waals surface area contributed by atoms with Gasteiger partial charge in [0, 0.05) is 31.9 Å². The van der Waals surface area contributed by atoms with Crippen LogP contribution in [0, 0.1) is 5.92 Å². The van der Waals surface area contributed by atoms with Gasteiger partial charge in [-0.1, -0.05) is 20.3 Å². The molecule has 2 N–H and O–H groups in total. The van der Waals surface area contributed by atoms with E-state index in [1.54, 1.807) is 10.8 Å². The van der Waals surface area contributed by atoms with E-state index in [1.165, 1.54) is 10.6 Å². The van der Waals surface area contributed by atoms with Crippen LogP contribution in [-0.4, -0.2) is 15.7 Å². The molecule has 0 aliphatic rings. The molecule has 1 heterocycles. The number of aromatic nitrogens is 2. The third-order valence-electron chi connectivity index (χ3n) is 2.78. The summed E-state index contributed by atoms with van der Waals surface area (Å²) in [5.41, 5.74) is 4.85. The molecule has 96 valence electrons. The molecule has 0 saturated carbocycles. The Labute approximate surface area is 101 Å². The van der Waals surface area contributed by atoms with Gasteiger partial charge in [0.25, 0.3) is 5.56 Å². The molecular formula is C12H21N3O2. The van der Waals surface area contributed by atoms with E-state index >= 15 is 0 Å². The summed E-state index contributed by atoms with van der Waals surface area (Å²) in [7, 11) is 0. The van der Waals surface area contributed by atoms with Crippen LogP contribution < -0.4 is 17.0 Å². The fourth-order valence-corrected chi connectivity index (χ4v) is 1.95. The lowest BCUT2D eigenvalue weighted by Gasteiger charge is -2.13. The highest BCUT2D eigenvalue weighted by molar-refractivity contribution is 4.86. The highest BCUT2D eigenvalue weighted by Crippen LogP contribution is 2.06. The van der Waals surface area contributed by atoms with Crippen LogP contribution in [0.1, 0.15) is 26.7 Å². The van der Waals surface area contributed by atoms with Gasteiger partial charge in [-0.05, 0) is 12.3 Å². The molecule has 0 aliphatic heterocycles. The van der Waals surface area contributed by atoms with Crippen LogP contribution in [0.15, 0.2) is 21.9 Å². The van der Waals surface area contributed by atoms with Crippen LogP contribution in [0.5, 0.6) is 0 Å². The molecule has 0 fully saturated rings. The third-order valence-corrected chi connectivity index (χ3v) is 2.78. The summed E-state index contributed by atoms with van der Waals surface area (Å²) in [5, 5.41) is 0. The van der Waals surface area contributed by atoms with Crippen LogP contribution >= 0.6 is 0 Å². The maximum absolute atomic E-state index is 12.0. The van der Waals surface area contributed by atoms with Crippen molar-refractivity contribution < 1.29 is 0 Å². The normalized spacial score (nSPS) is 12.6. The van der Waals surface area contributed by atoms with Gasteiger partial charge in [0.15, 0.2) is 0 Å². The molecule has 1 atom stereocenters. The molecule has 17 heavy (non-hydrogen) atoms. The number of nitrogens with zero attached hydrogens (tertiary/aromatic N) is 2. The second-order valence-electron chi connectivity index (χ2n) is 4.42. The van der Waals surface area contributed by atoms with E-state index in [4.69, 9.17) is 5.73 Å². The van der Waals surface area contributed by atoms with Gasteiger partial charge in [-0.15, -0.1) is 0 Å². The Balaban J connectivity index is 2.98. The van der Waals surface area contributed by atoms with Crippen molar-refractivity contribution >= 4 is 0 Å². The van der Waals surface area contributed by atoms with Crippen LogP contribution in [-0.2, 0) is 13.1 Å². The predicted molar refractivity (Wildman–Crippen MR) is 68.1 cm³/mol. The quantitative estimate of drug-likeness (QED) is 0.781. The van der Waals surface area contributed by atoms with Gasteiger partial charge in [-0.2, -0.15) is 0 Å². The van der Waals surface area contributed by atoms with Gasteiger partial charge in [-0.25, -0.2) is 4.79 Å². The molecule has 0 amide bonds. The Morgan fingerprint density at radius 3 is 2.71 bits per heavy atom. The van der Waals surface area contributed by atoms with E-state index in [0.29, 0.717) is 19.0 Å². The fourth-order valence-electron chi connectivity index (χ4n) is 1.95. The SMILES string of the molecule is CCCC(C)Cn1ccc(=O)n(CCN)c1=O. The van der Waals surface area contributed by atoms with Crippen molar-refractivity contribution in [1.82, 2.24) is 9.13 Å². The first-order valence-corrected chi connectivity index (χ1v) is 6.10. The number of nitrogens with two attached hydrogens (primary N) is 1. The topological polar surface area (TPSA) is 70.0 Å². The Hall–Kier alpha value is -1.36. The summed E-state index contributed by atoms with van der Waals surface area (Å²) in [6, 6.07) is 1.43. The van der Waals surface area contributed by atoms with E-state index in [9.17, 15) is 9.59 Å². The zero-order valence-electron chi connectivity index (χ0n) is 10.6. The lowest BCUT2D eigenvalue weighted by atomic mass is 10.1. The summed E-state index contributed by atoms with van der Waals surface area (Å²) in [4.78, 5) is 23.5. The van der Waals surface area contributed by atoms with Gasteiger partial charge in [0.05, 0.1) is 0 Å². The highest BCUT2D eigenvalue weighted by atomic mass is 16.2. The zero-order valence-corrected chi connectivity index (χ0v) is 10.6. The average molecular weight is 239 g/mol. The number of rotatable bonds is 6.